The number of anilines is 2. The quantitative estimate of drug-likeness (QED) is 0.304. The van der Waals surface area contributed by atoms with E-state index in [-0.39, 0.29) is 11.8 Å². The summed E-state index contributed by atoms with van der Waals surface area (Å²) in [5.41, 5.74) is 10.5. The third-order valence-corrected chi connectivity index (χ3v) is 6.07. The molecule has 4 N–H and O–H groups in total. The number of pyridine rings is 1. The number of aromatic nitrogens is 2. The van der Waals surface area contributed by atoms with Crippen molar-refractivity contribution in [3.63, 3.8) is 0 Å². The number of rotatable bonds is 9. The molecule has 178 valence electrons. The topological polar surface area (TPSA) is 119 Å². The largest absolute Gasteiger partial charge is 0.399 e. The Hall–Kier alpha value is -4.08. The van der Waals surface area contributed by atoms with E-state index >= 15 is 0 Å². The van der Waals surface area contributed by atoms with Crippen LogP contribution in [0.4, 0.5) is 10.8 Å². The Labute approximate surface area is 207 Å². The fourth-order valence-electron chi connectivity index (χ4n) is 3.44. The second kappa shape index (κ2) is 11.4. The lowest BCUT2D eigenvalue weighted by molar-refractivity contribution is -0.118. The molecule has 0 aliphatic rings. The predicted octanol–water partition coefficient (Wildman–Crippen LogP) is 4.23. The van der Waals surface area contributed by atoms with Crippen molar-refractivity contribution in [1.82, 2.24) is 15.3 Å². The van der Waals surface area contributed by atoms with Gasteiger partial charge in [-0.05, 0) is 60.0 Å². The zero-order valence-corrected chi connectivity index (χ0v) is 19.9. The first-order chi connectivity index (χ1) is 17.0. The van der Waals surface area contributed by atoms with Gasteiger partial charge < -0.3 is 21.1 Å². The van der Waals surface area contributed by atoms with E-state index in [0.717, 1.165) is 22.4 Å². The molecule has 0 unspecified atom stereocenters. The van der Waals surface area contributed by atoms with E-state index in [2.05, 4.69) is 20.6 Å². The molecule has 0 radical (unpaired) electrons. The summed E-state index contributed by atoms with van der Waals surface area (Å²) < 4.78 is 5.12. The number of nitrogen functional groups attached to an aromatic ring is 1. The van der Waals surface area contributed by atoms with Crippen molar-refractivity contribution in [3.05, 3.63) is 84.0 Å². The number of hydrogen-bond donors (Lipinski definition) is 3. The second-order valence-electron chi connectivity index (χ2n) is 7.77. The van der Waals surface area contributed by atoms with Crippen LogP contribution in [-0.4, -0.2) is 41.5 Å². The molecule has 0 spiro atoms. The summed E-state index contributed by atoms with van der Waals surface area (Å²) in [7, 11) is 1.55. The van der Waals surface area contributed by atoms with Gasteiger partial charge in [-0.3, -0.25) is 14.6 Å². The van der Waals surface area contributed by atoms with Gasteiger partial charge in [0.15, 0.2) is 5.13 Å². The lowest BCUT2D eigenvalue weighted by atomic mass is 10.0. The molecule has 0 aliphatic carbocycles. The average molecular weight is 488 g/mol. The van der Waals surface area contributed by atoms with Crippen LogP contribution in [0.3, 0.4) is 0 Å². The molecule has 2 amide bonds. The molecule has 9 heteroatoms. The van der Waals surface area contributed by atoms with E-state index < -0.39 is 6.04 Å². The van der Waals surface area contributed by atoms with Crippen LogP contribution in [0.5, 0.6) is 0 Å². The highest BCUT2D eigenvalue weighted by Crippen LogP contribution is 2.28. The summed E-state index contributed by atoms with van der Waals surface area (Å²) in [4.78, 5) is 34.3. The van der Waals surface area contributed by atoms with Crippen LogP contribution < -0.4 is 16.4 Å². The number of carbonyl (C=O) groups excluding carboxylic acids is 2. The number of ether oxygens (including phenoxy) is 1. The third kappa shape index (κ3) is 6.28. The maximum absolute atomic E-state index is 13.0. The summed E-state index contributed by atoms with van der Waals surface area (Å²) in [5.74, 6) is -0.730. The van der Waals surface area contributed by atoms with Gasteiger partial charge in [-0.1, -0.05) is 18.2 Å². The fourth-order valence-corrected chi connectivity index (χ4v) is 4.16. The van der Waals surface area contributed by atoms with Crippen LogP contribution in [0.2, 0.25) is 0 Å². The average Bonchev–Trinajstić information content (AvgIpc) is 3.36. The van der Waals surface area contributed by atoms with Gasteiger partial charge >= 0.3 is 0 Å². The molecule has 4 rings (SSSR count). The maximum Gasteiger partial charge on any atom is 0.251 e. The molecule has 2 heterocycles. The van der Waals surface area contributed by atoms with Gasteiger partial charge in [-0.25, -0.2) is 4.98 Å². The number of amides is 2. The predicted molar refractivity (Wildman–Crippen MR) is 138 cm³/mol. The van der Waals surface area contributed by atoms with E-state index in [0.29, 0.717) is 29.4 Å². The first-order valence-corrected chi connectivity index (χ1v) is 11.8. The van der Waals surface area contributed by atoms with E-state index in [4.69, 9.17) is 10.5 Å². The van der Waals surface area contributed by atoms with Gasteiger partial charge in [0, 0.05) is 48.3 Å². The summed E-state index contributed by atoms with van der Waals surface area (Å²) in [6, 6.07) is 17.6. The number of thiazole rings is 1. The summed E-state index contributed by atoms with van der Waals surface area (Å²) in [6.07, 6.45) is 3.82. The molecule has 0 saturated heterocycles. The molecule has 2 aromatic carbocycles. The van der Waals surface area contributed by atoms with Gasteiger partial charge in [0.25, 0.3) is 5.91 Å². The van der Waals surface area contributed by atoms with Crippen LogP contribution in [0.15, 0.2) is 78.4 Å². The zero-order valence-electron chi connectivity index (χ0n) is 19.1. The number of nitrogens with one attached hydrogen (secondary N) is 2. The number of methoxy groups -OCH3 is 1. The highest BCUT2D eigenvalue weighted by Gasteiger charge is 2.22. The summed E-state index contributed by atoms with van der Waals surface area (Å²) >= 11 is 1.32. The number of hydrogen-bond acceptors (Lipinski definition) is 7. The Morgan fingerprint density at radius 3 is 2.51 bits per heavy atom. The van der Waals surface area contributed by atoms with Crippen molar-refractivity contribution < 1.29 is 14.3 Å². The van der Waals surface area contributed by atoms with Crippen LogP contribution in [0.1, 0.15) is 16.8 Å². The van der Waals surface area contributed by atoms with Crippen molar-refractivity contribution >= 4 is 34.0 Å². The van der Waals surface area contributed by atoms with Gasteiger partial charge in [0.2, 0.25) is 5.91 Å². The summed E-state index contributed by atoms with van der Waals surface area (Å²) in [6.45, 7) is 0.311. The fraction of sp³-hybridized carbons (Fsp3) is 0.154. The van der Waals surface area contributed by atoms with Crippen molar-refractivity contribution in [2.24, 2.45) is 0 Å². The highest BCUT2D eigenvalue weighted by molar-refractivity contribution is 7.14. The van der Waals surface area contributed by atoms with Gasteiger partial charge in [0.05, 0.1) is 5.69 Å². The van der Waals surface area contributed by atoms with Crippen molar-refractivity contribution in [2.45, 2.75) is 12.5 Å². The second-order valence-corrected chi connectivity index (χ2v) is 8.63. The van der Waals surface area contributed by atoms with Crippen molar-refractivity contribution in [2.75, 3.05) is 24.8 Å². The Morgan fingerprint density at radius 1 is 1.03 bits per heavy atom. The minimum atomic E-state index is -0.789. The number of carbonyl (C=O) groups is 2. The first-order valence-electron chi connectivity index (χ1n) is 11.0. The Balaban J connectivity index is 1.46. The van der Waals surface area contributed by atoms with Gasteiger partial charge in [0.1, 0.15) is 6.04 Å². The standard InChI is InChI=1S/C26H25N5O3S/c1-34-14-11-22(29-24(32)18-5-7-21(27)8-6-18)25(33)31-26-30-23(16-35-26)20-4-2-3-19(15-20)17-9-12-28-13-10-17/h2-10,12-13,15-16,22H,11,14,27H2,1H3,(H,29,32)(H,30,31,33)/t22-/m0/s1. The number of benzene rings is 2. The van der Waals surface area contributed by atoms with Gasteiger partial charge in [-0.2, -0.15) is 0 Å². The third-order valence-electron chi connectivity index (χ3n) is 5.31. The molecular weight excluding hydrogens is 462 g/mol. The van der Waals surface area contributed by atoms with Gasteiger partial charge in [-0.15, -0.1) is 11.3 Å². The van der Waals surface area contributed by atoms with E-state index in [1.54, 1.807) is 43.8 Å². The Morgan fingerprint density at radius 2 is 1.77 bits per heavy atom. The molecule has 0 bridgehead atoms. The molecule has 35 heavy (non-hydrogen) atoms. The normalized spacial score (nSPS) is 11.6. The first kappa shape index (κ1) is 24.1. The minimum Gasteiger partial charge on any atom is -0.399 e. The Kier molecular flexibility index (Phi) is 7.81. The van der Waals surface area contributed by atoms with Crippen molar-refractivity contribution in [1.29, 1.82) is 0 Å². The minimum absolute atomic E-state index is 0.311. The monoisotopic (exact) mass is 487 g/mol. The lowest BCUT2D eigenvalue weighted by Crippen LogP contribution is -2.44. The molecule has 0 aliphatic heterocycles. The molecule has 0 fully saturated rings. The number of nitrogens with zero attached hydrogens (tertiary/aromatic N) is 2. The van der Waals surface area contributed by atoms with Crippen LogP contribution in [0, 0.1) is 0 Å². The van der Waals surface area contributed by atoms with E-state index in [1.165, 1.54) is 11.3 Å². The molecule has 4 aromatic rings. The SMILES string of the molecule is COCC[C@H](NC(=O)c1ccc(N)cc1)C(=O)Nc1nc(-c2cccc(-c3ccncc3)c2)cs1. The number of nitrogens with two attached hydrogens (primary N) is 1. The summed E-state index contributed by atoms with van der Waals surface area (Å²) in [5, 5.41) is 7.93. The van der Waals surface area contributed by atoms with Crippen LogP contribution in [0.25, 0.3) is 22.4 Å². The molecular formula is C26H25N5O3S. The maximum atomic E-state index is 13.0. The Bertz CT molecular complexity index is 1290. The molecule has 1 atom stereocenters. The lowest BCUT2D eigenvalue weighted by Gasteiger charge is -2.17. The molecule has 0 saturated carbocycles. The van der Waals surface area contributed by atoms with E-state index in [9.17, 15) is 9.59 Å². The smallest absolute Gasteiger partial charge is 0.251 e. The zero-order chi connectivity index (χ0) is 24.6. The van der Waals surface area contributed by atoms with Crippen LogP contribution >= 0.6 is 11.3 Å². The van der Waals surface area contributed by atoms with Crippen molar-refractivity contribution in [3.8, 4) is 22.4 Å². The molecule has 8 nitrogen and oxygen atoms in total. The van der Waals surface area contributed by atoms with E-state index in [1.807, 2.05) is 41.8 Å². The molecule has 2 aromatic heterocycles. The van der Waals surface area contributed by atoms with Crippen LogP contribution in [-0.2, 0) is 9.53 Å². The highest BCUT2D eigenvalue weighted by atomic mass is 32.1.